The first kappa shape index (κ1) is 11.5. The topological polar surface area (TPSA) is 80.0 Å². The molecule has 1 aromatic carbocycles. The average Bonchev–Trinajstić information content (AvgIpc) is 2.76. The molecular weight excluding hydrogens is 240 g/mol. The largest absolute Gasteiger partial charge is 0.397 e. The van der Waals surface area contributed by atoms with Crippen molar-refractivity contribution in [3.63, 3.8) is 0 Å². The number of nitrogens with one attached hydrogen (secondary N) is 2. The molecule has 3 rings (SSSR count). The lowest BCUT2D eigenvalue weighted by atomic mass is 10.1. The van der Waals surface area contributed by atoms with Crippen LogP contribution < -0.4 is 16.4 Å². The van der Waals surface area contributed by atoms with E-state index >= 15 is 0 Å². The number of amides is 1. The maximum atomic E-state index is 11.3. The second-order valence-electron chi connectivity index (χ2n) is 4.50. The van der Waals surface area contributed by atoms with Gasteiger partial charge in [0.2, 0.25) is 5.91 Å². The first-order chi connectivity index (χ1) is 9.22. The van der Waals surface area contributed by atoms with Crippen LogP contribution in [-0.2, 0) is 17.8 Å². The van der Waals surface area contributed by atoms with Gasteiger partial charge in [-0.05, 0) is 29.8 Å². The quantitative estimate of drug-likeness (QED) is 0.729. The number of carbonyl (C=O) groups is 1. The van der Waals surface area contributed by atoms with Gasteiger partial charge in [0, 0.05) is 11.9 Å². The lowest BCUT2D eigenvalue weighted by molar-refractivity contribution is -0.115. The number of nitrogens with two attached hydrogens (primary N) is 1. The monoisotopic (exact) mass is 254 g/mol. The summed E-state index contributed by atoms with van der Waals surface area (Å²) in [6.07, 6.45) is 2.16. The van der Waals surface area contributed by atoms with Gasteiger partial charge in [-0.2, -0.15) is 0 Å². The third-order valence-corrected chi connectivity index (χ3v) is 3.09. The zero-order valence-electron chi connectivity index (χ0n) is 10.3. The van der Waals surface area contributed by atoms with Gasteiger partial charge in [-0.25, -0.2) is 0 Å². The Bertz CT molecular complexity index is 625. The van der Waals surface area contributed by atoms with E-state index in [1.165, 1.54) is 0 Å². The van der Waals surface area contributed by atoms with Crippen molar-refractivity contribution in [2.45, 2.75) is 13.0 Å². The van der Waals surface area contributed by atoms with Crippen molar-refractivity contribution in [2.75, 3.05) is 16.4 Å². The Labute approximate surface area is 110 Å². The van der Waals surface area contributed by atoms with Crippen LogP contribution in [0.1, 0.15) is 11.3 Å². The number of hydrogen-bond acceptors (Lipinski definition) is 4. The van der Waals surface area contributed by atoms with Crippen molar-refractivity contribution in [1.29, 1.82) is 0 Å². The van der Waals surface area contributed by atoms with Gasteiger partial charge in [0.15, 0.2) is 0 Å². The molecule has 0 radical (unpaired) electrons. The summed E-state index contributed by atoms with van der Waals surface area (Å²) in [7, 11) is 0. The maximum Gasteiger partial charge on any atom is 0.228 e. The Morgan fingerprint density at radius 3 is 3.05 bits per heavy atom. The van der Waals surface area contributed by atoms with Crippen LogP contribution in [0.3, 0.4) is 0 Å². The van der Waals surface area contributed by atoms with Crippen LogP contribution in [0.2, 0.25) is 0 Å². The highest BCUT2D eigenvalue weighted by Crippen LogP contribution is 2.31. The van der Waals surface area contributed by atoms with Crippen LogP contribution in [0, 0.1) is 0 Å². The zero-order valence-corrected chi connectivity index (χ0v) is 10.3. The van der Waals surface area contributed by atoms with Gasteiger partial charge in [0.05, 0.1) is 30.0 Å². The van der Waals surface area contributed by atoms with E-state index in [0.717, 1.165) is 22.6 Å². The van der Waals surface area contributed by atoms with E-state index in [2.05, 4.69) is 15.6 Å². The highest BCUT2D eigenvalue weighted by atomic mass is 16.1. The maximum absolute atomic E-state index is 11.3. The molecule has 2 heterocycles. The number of carbonyl (C=O) groups excluding carboxylic acids is 1. The molecule has 0 unspecified atom stereocenters. The minimum Gasteiger partial charge on any atom is -0.397 e. The van der Waals surface area contributed by atoms with Gasteiger partial charge in [-0.3, -0.25) is 9.78 Å². The predicted molar refractivity (Wildman–Crippen MR) is 74.8 cm³/mol. The van der Waals surface area contributed by atoms with E-state index in [9.17, 15) is 4.79 Å². The molecule has 0 bridgehead atoms. The first-order valence-corrected chi connectivity index (χ1v) is 6.08. The SMILES string of the molecule is Nc1cc2c(cc1NCc1ccccn1)NC(=O)C2. The Morgan fingerprint density at radius 1 is 1.37 bits per heavy atom. The van der Waals surface area contributed by atoms with E-state index in [-0.39, 0.29) is 5.91 Å². The number of benzene rings is 1. The van der Waals surface area contributed by atoms with Crippen LogP contribution >= 0.6 is 0 Å². The summed E-state index contributed by atoms with van der Waals surface area (Å²) < 4.78 is 0. The Hall–Kier alpha value is -2.56. The smallest absolute Gasteiger partial charge is 0.228 e. The van der Waals surface area contributed by atoms with Gasteiger partial charge < -0.3 is 16.4 Å². The molecule has 0 fully saturated rings. The van der Waals surface area contributed by atoms with E-state index in [0.29, 0.717) is 18.7 Å². The first-order valence-electron chi connectivity index (χ1n) is 6.08. The molecular formula is C14H14N4O. The number of pyridine rings is 1. The van der Waals surface area contributed by atoms with Crippen LogP contribution in [0.5, 0.6) is 0 Å². The molecule has 1 aliphatic heterocycles. The minimum atomic E-state index is 0.0104. The molecule has 4 N–H and O–H groups in total. The Balaban J connectivity index is 1.79. The second kappa shape index (κ2) is 4.61. The number of aromatic nitrogens is 1. The summed E-state index contributed by atoms with van der Waals surface area (Å²) >= 11 is 0. The number of fused-ring (bicyclic) bond motifs is 1. The van der Waals surface area contributed by atoms with Crippen LogP contribution in [0.15, 0.2) is 36.5 Å². The van der Waals surface area contributed by atoms with Gasteiger partial charge in [0.1, 0.15) is 0 Å². The van der Waals surface area contributed by atoms with Crippen LogP contribution in [-0.4, -0.2) is 10.9 Å². The molecule has 0 aliphatic carbocycles. The number of nitrogen functional groups attached to an aromatic ring is 1. The standard InChI is InChI=1S/C14H14N4O/c15-11-5-9-6-14(19)18-12(9)7-13(11)17-8-10-3-1-2-4-16-10/h1-5,7,17H,6,8,15H2,(H,18,19). The highest BCUT2D eigenvalue weighted by molar-refractivity contribution is 6.00. The zero-order chi connectivity index (χ0) is 13.2. The van der Waals surface area contributed by atoms with Crippen molar-refractivity contribution in [3.05, 3.63) is 47.8 Å². The molecule has 19 heavy (non-hydrogen) atoms. The number of nitrogens with zero attached hydrogens (tertiary/aromatic N) is 1. The van der Waals surface area contributed by atoms with Crippen molar-refractivity contribution in [1.82, 2.24) is 4.98 Å². The molecule has 5 nitrogen and oxygen atoms in total. The van der Waals surface area contributed by atoms with Crippen molar-refractivity contribution >= 4 is 23.0 Å². The molecule has 96 valence electrons. The second-order valence-corrected chi connectivity index (χ2v) is 4.50. The van der Waals surface area contributed by atoms with E-state index in [1.807, 2.05) is 30.3 Å². The molecule has 1 aliphatic rings. The van der Waals surface area contributed by atoms with E-state index in [4.69, 9.17) is 5.73 Å². The van der Waals surface area contributed by atoms with Gasteiger partial charge in [0.25, 0.3) is 0 Å². The normalized spacial score (nSPS) is 12.9. The molecule has 0 saturated heterocycles. The van der Waals surface area contributed by atoms with Crippen LogP contribution in [0.4, 0.5) is 17.1 Å². The van der Waals surface area contributed by atoms with Crippen LogP contribution in [0.25, 0.3) is 0 Å². The molecule has 0 atom stereocenters. The van der Waals surface area contributed by atoms with Crippen molar-refractivity contribution < 1.29 is 4.79 Å². The summed E-state index contributed by atoms with van der Waals surface area (Å²) in [4.78, 5) is 15.6. The number of rotatable bonds is 3. The summed E-state index contributed by atoms with van der Waals surface area (Å²) in [5.74, 6) is 0.0104. The Morgan fingerprint density at radius 2 is 2.26 bits per heavy atom. The fraction of sp³-hybridized carbons (Fsp3) is 0.143. The van der Waals surface area contributed by atoms with Crippen molar-refractivity contribution in [3.8, 4) is 0 Å². The lowest BCUT2D eigenvalue weighted by Gasteiger charge is -2.11. The van der Waals surface area contributed by atoms with Crippen molar-refractivity contribution in [2.24, 2.45) is 0 Å². The fourth-order valence-electron chi connectivity index (χ4n) is 2.14. The molecule has 0 saturated carbocycles. The minimum absolute atomic E-state index is 0.0104. The van der Waals surface area contributed by atoms with Gasteiger partial charge >= 0.3 is 0 Å². The summed E-state index contributed by atoms with van der Waals surface area (Å²) in [6, 6.07) is 9.48. The molecule has 5 heteroatoms. The summed E-state index contributed by atoms with van der Waals surface area (Å²) in [6.45, 7) is 0.595. The number of hydrogen-bond donors (Lipinski definition) is 3. The third-order valence-electron chi connectivity index (χ3n) is 3.09. The highest BCUT2D eigenvalue weighted by Gasteiger charge is 2.19. The fourth-order valence-corrected chi connectivity index (χ4v) is 2.14. The van der Waals surface area contributed by atoms with E-state index < -0.39 is 0 Å². The summed E-state index contributed by atoms with van der Waals surface area (Å²) in [5.41, 5.74) is 10.2. The lowest BCUT2D eigenvalue weighted by Crippen LogP contribution is -2.05. The molecule has 2 aromatic rings. The summed E-state index contributed by atoms with van der Waals surface area (Å²) in [5, 5.41) is 6.05. The third kappa shape index (κ3) is 2.35. The van der Waals surface area contributed by atoms with Gasteiger partial charge in [-0.15, -0.1) is 0 Å². The molecule has 0 spiro atoms. The van der Waals surface area contributed by atoms with E-state index in [1.54, 1.807) is 6.20 Å². The van der Waals surface area contributed by atoms with Gasteiger partial charge in [-0.1, -0.05) is 6.07 Å². The molecule has 1 aromatic heterocycles. The molecule has 1 amide bonds. The average molecular weight is 254 g/mol. The number of anilines is 3. The predicted octanol–water partition coefficient (Wildman–Crippen LogP) is 1.77. The Kier molecular flexibility index (Phi) is 2.79.